The number of fused-ring (bicyclic) bond motifs is 1. The lowest BCUT2D eigenvalue weighted by Gasteiger charge is -2.41. The summed E-state index contributed by atoms with van der Waals surface area (Å²) in [6.45, 7) is -0.703. The number of rotatable bonds is 6. The number of aliphatic hydroxyl groups excluding tert-OH is 2. The maximum absolute atomic E-state index is 14.3. The number of nitrogens with zero attached hydrogens (tertiary/aromatic N) is 4. The van der Waals surface area contributed by atoms with Crippen LogP contribution in [0.1, 0.15) is 6.42 Å². The van der Waals surface area contributed by atoms with Crippen LogP contribution in [0.3, 0.4) is 0 Å². The summed E-state index contributed by atoms with van der Waals surface area (Å²) in [6, 6.07) is 0. The predicted molar refractivity (Wildman–Crippen MR) is 92.5 cm³/mol. The van der Waals surface area contributed by atoms with Crippen molar-refractivity contribution in [3.05, 3.63) is 24.6 Å². The van der Waals surface area contributed by atoms with Crippen LogP contribution in [-0.4, -0.2) is 72.8 Å². The highest BCUT2D eigenvalue weighted by Crippen LogP contribution is 2.46. The van der Waals surface area contributed by atoms with Crippen LogP contribution in [0.25, 0.3) is 11.2 Å². The highest BCUT2D eigenvalue weighted by atomic mass is 19.1. The van der Waals surface area contributed by atoms with Crippen LogP contribution in [-0.2, 0) is 10.6 Å². The summed E-state index contributed by atoms with van der Waals surface area (Å²) in [5, 5.41) is 34.3. The van der Waals surface area contributed by atoms with Crippen molar-refractivity contribution in [2.45, 2.75) is 30.1 Å². The minimum atomic E-state index is -2.24. The number of hydrogen-bond donors (Lipinski definition) is 6. The second-order valence-corrected chi connectivity index (χ2v) is 6.21. The number of anilines is 1. The molecule has 4 atom stereocenters. The van der Waals surface area contributed by atoms with Crippen molar-refractivity contribution in [3.63, 3.8) is 0 Å². The first-order valence-electron chi connectivity index (χ1n) is 8.21. The van der Waals surface area contributed by atoms with Gasteiger partial charge in [-0.15, -0.1) is 0 Å². The van der Waals surface area contributed by atoms with Crippen LogP contribution in [0, 0.1) is 0 Å². The predicted octanol–water partition coefficient (Wildman–Crippen LogP) is -2.08. The molecular weight excluding hydrogens is 361 g/mol. The van der Waals surface area contributed by atoms with Gasteiger partial charge < -0.3 is 31.5 Å². The van der Waals surface area contributed by atoms with Crippen LogP contribution in [0.15, 0.2) is 24.6 Å². The quantitative estimate of drug-likeness (QED) is 0.324. The number of nitrogens with one attached hydrogen (secondary N) is 1. The molecule has 148 valence electrons. The Kier molecular flexibility index (Phi) is 5.12. The average molecular weight is 383 g/mol. The molecule has 2 aromatic heterocycles. The van der Waals surface area contributed by atoms with Crippen molar-refractivity contribution in [2.75, 3.05) is 25.9 Å². The molecule has 0 aliphatic carbocycles. The molecule has 11 nitrogen and oxygen atoms in total. The molecule has 8 N–H and O–H groups in total. The lowest BCUT2D eigenvalue weighted by molar-refractivity contribution is -0.212. The molecule has 2 aromatic rings. The molecule has 0 spiro atoms. The van der Waals surface area contributed by atoms with Crippen molar-refractivity contribution in [3.8, 4) is 0 Å². The van der Waals surface area contributed by atoms with E-state index in [-0.39, 0.29) is 23.5 Å². The van der Waals surface area contributed by atoms with Crippen LogP contribution in [0.4, 0.5) is 10.2 Å². The van der Waals surface area contributed by atoms with E-state index in [1.165, 1.54) is 24.3 Å². The summed E-state index contributed by atoms with van der Waals surface area (Å²) in [7, 11) is 1.44. The number of likely N-dealkylation sites (N-methyl/N-ethyl adjacent to an activating group) is 1. The molecule has 27 heavy (non-hydrogen) atoms. The van der Waals surface area contributed by atoms with E-state index < -0.39 is 42.5 Å². The van der Waals surface area contributed by atoms with Gasteiger partial charge in [0.25, 0.3) is 0 Å². The lowest BCUT2D eigenvalue weighted by atomic mass is 9.86. The first-order valence-corrected chi connectivity index (χ1v) is 8.21. The van der Waals surface area contributed by atoms with Gasteiger partial charge in [-0.25, -0.2) is 19.3 Å². The van der Waals surface area contributed by atoms with Gasteiger partial charge in [0.15, 0.2) is 17.1 Å². The Bertz CT molecular complexity index is 862. The first kappa shape index (κ1) is 19.5. The van der Waals surface area contributed by atoms with Gasteiger partial charge in [0, 0.05) is 13.0 Å². The van der Waals surface area contributed by atoms with E-state index in [9.17, 15) is 19.7 Å². The molecule has 0 unspecified atom stereocenters. The Morgan fingerprint density at radius 2 is 2.22 bits per heavy atom. The average Bonchev–Trinajstić information content (AvgIpc) is 3.16. The summed E-state index contributed by atoms with van der Waals surface area (Å²) < 4.78 is 21.4. The maximum atomic E-state index is 14.3. The largest absolute Gasteiger partial charge is 0.394 e. The molecule has 0 radical (unpaired) electrons. The number of aliphatic hydroxyl groups is 3. The SMILES string of the molecule is CN[C@@]1(n2cnc3c(N)ncnc32)O[C@H](CO)[C@@H](O)[C@]1(O)CC(F)=CCN. The molecule has 1 saturated heterocycles. The van der Waals surface area contributed by atoms with E-state index in [1.807, 2.05) is 0 Å². The number of nitrogens with two attached hydrogens (primary N) is 2. The van der Waals surface area contributed by atoms with Crippen molar-refractivity contribution in [2.24, 2.45) is 5.73 Å². The molecular formula is C15H22FN7O4. The molecule has 0 amide bonds. The number of halogens is 1. The van der Waals surface area contributed by atoms with Crippen LogP contribution < -0.4 is 16.8 Å². The third kappa shape index (κ3) is 2.77. The zero-order valence-corrected chi connectivity index (χ0v) is 14.6. The first-order chi connectivity index (χ1) is 12.8. The zero-order valence-electron chi connectivity index (χ0n) is 14.6. The fourth-order valence-corrected chi connectivity index (χ4v) is 3.46. The van der Waals surface area contributed by atoms with Crippen molar-refractivity contribution in [1.29, 1.82) is 0 Å². The highest BCUT2D eigenvalue weighted by Gasteiger charge is 2.66. The molecule has 1 aliphatic rings. The summed E-state index contributed by atoms with van der Waals surface area (Å²) >= 11 is 0. The van der Waals surface area contributed by atoms with E-state index in [1.54, 1.807) is 0 Å². The Labute approximate surface area is 153 Å². The fraction of sp³-hybridized carbons (Fsp3) is 0.533. The third-order valence-electron chi connectivity index (χ3n) is 4.75. The van der Waals surface area contributed by atoms with Crippen LogP contribution in [0.5, 0.6) is 0 Å². The van der Waals surface area contributed by atoms with Gasteiger partial charge in [-0.05, 0) is 13.1 Å². The Hall–Kier alpha value is -2.22. The number of ether oxygens (including phenoxy) is 1. The topological polar surface area (TPSA) is 178 Å². The molecule has 0 bridgehead atoms. The van der Waals surface area contributed by atoms with Gasteiger partial charge in [-0.2, -0.15) is 0 Å². The van der Waals surface area contributed by atoms with Gasteiger partial charge in [-0.1, -0.05) is 0 Å². The molecule has 1 aliphatic heterocycles. The number of nitrogen functional groups attached to an aromatic ring is 1. The van der Waals surface area contributed by atoms with Gasteiger partial charge in [-0.3, -0.25) is 9.88 Å². The standard InChI is InChI=1S/C15H22FN7O4/c1-19-15(23-7-22-10-12(18)20-6-21-13(10)23)14(26,4-8(16)2-3-17)11(25)9(5-24)27-15/h2,6-7,9,11,19,24-26H,3-5,17H2,1H3,(H2,18,20,21)/t9-,11-,14-,15+/m1/s1. The van der Waals surface area contributed by atoms with Crippen molar-refractivity contribution in [1.82, 2.24) is 24.8 Å². The van der Waals surface area contributed by atoms with Gasteiger partial charge in [0.05, 0.1) is 6.61 Å². The van der Waals surface area contributed by atoms with Crippen molar-refractivity contribution >= 4 is 17.0 Å². The smallest absolute Gasteiger partial charge is 0.237 e. The fourth-order valence-electron chi connectivity index (χ4n) is 3.46. The third-order valence-corrected chi connectivity index (χ3v) is 4.75. The molecule has 12 heteroatoms. The minimum Gasteiger partial charge on any atom is -0.394 e. The second-order valence-electron chi connectivity index (χ2n) is 6.21. The van der Waals surface area contributed by atoms with Gasteiger partial charge in [0.2, 0.25) is 5.85 Å². The van der Waals surface area contributed by atoms with E-state index in [0.29, 0.717) is 0 Å². The minimum absolute atomic E-state index is 0.0907. The number of imidazole rings is 1. The molecule has 3 rings (SSSR count). The zero-order chi connectivity index (χ0) is 19.8. The van der Waals surface area contributed by atoms with E-state index in [0.717, 1.165) is 6.08 Å². The van der Waals surface area contributed by atoms with Gasteiger partial charge in [0.1, 0.15) is 36.2 Å². The van der Waals surface area contributed by atoms with Gasteiger partial charge >= 0.3 is 0 Å². The molecule has 0 aromatic carbocycles. The number of hydrogen-bond acceptors (Lipinski definition) is 10. The number of aromatic nitrogens is 4. The maximum Gasteiger partial charge on any atom is 0.237 e. The Morgan fingerprint density at radius 3 is 2.85 bits per heavy atom. The highest BCUT2D eigenvalue weighted by molar-refractivity contribution is 5.81. The summed E-state index contributed by atoms with van der Waals surface area (Å²) in [5.41, 5.74) is 9.31. The molecule has 1 fully saturated rings. The van der Waals surface area contributed by atoms with Crippen LogP contribution in [0.2, 0.25) is 0 Å². The van der Waals surface area contributed by atoms with Crippen molar-refractivity contribution < 1.29 is 24.4 Å². The summed E-state index contributed by atoms with van der Waals surface area (Å²) in [6.07, 6.45) is 0.0660. The normalized spacial score (nSPS) is 31.7. The van der Waals surface area contributed by atoms with Crippen LogP contribution >= 0.6 is 0 Å². The van der Waals surface area contributed by atoms with E-state index in [4.69, 9.17) is 16.2 Å². The summed E-state index contributed by atoms with van der Waals surface area (Å²) in [5.74, 6) is -2.56. The van der Waals surface area contributed by atoms with E-state index in [2.05, 4.69) is 20.3 Å². The second kappa shape index (κ2) is 7.07. The Balaban J connectivity index is 2.22. The molecule has 0 saturated carbocycles. The molecule has 3 heterocycles. The monoisotopic (exact) mass is 383 g/mol. The van der Waals surface area contributed by atoms with E-state index >= 15 is 0 Å². The summed E-state index contributed by atoms with van der Waals surface area (Å²) in [4.78, 5) is 12.1. The Morgan fingerprint density at radius 1 is 1.48 bits per heavy atom. The lowest BCUT2D eigenvalue weighted by Crippen LogP contribution is -2.64.